The molecule has 4 aromatic rings. The van der Waals surface area contributed by atoms with Gasteiger partial charge in [-0.3, -0.25) is 14.2 Å². The van der Waals surface area contributed by atoms with Crippen molar-refractivity contribution in [1.29, 1.82) is 0 Å². The van der Waals surface area contributed by atoms with Crippen molar-refractivity contribution < 1.29 is 31.2 Å². The minimum atomic E-state index is -4.61. The zero-order chi connectivity index (χ0) is 33.1. The number of rotatable bonds is 10. The number of carbonyl (C=O) groups is 2. The van der Waals surface area contributed by atoms with Gasteiger partial charge >= 0.3 is 6.18 Å². The molecule has 0 aliphatic carbocycles. The van der Waals surface area contributed by atoms with Crippen LogP contribution in [0.2, 0.25) is 5.02 Å². The van der Waals surface area contributed by atoms with Gasteiger partial charge < -0.3 is 10.6 Å². The molecule has 0 spiro atoms. The number of alkyl halides is 3. The number of halogens is 4. The van der Waals surface area contributed by atoms with E-state index in [4.69, 9.17) is 11.6 Å². The standard InChI is InChI=1S/C29H28ClF3N6O4S2/c1-17-5-6-18(2)24(13-17)39-25(15-34-27(41)19-7-10-21(11-8-19)45(42,43)38(3)4)36-37-28(39)44-16-26(40)35-23-14-20(29(31,32)33)9-12-22(23)30/h5-14H,15-16H2,1-4H3,(H,34,41)(H,35,40). The Morgan fingerprint density at radius 2 is 1.69 bits per heavy atom. The number of anilines is 1. The maximum atomic E-state index is 13.1. The smallest absolute Gasteiger partial charge is 0.345 e. The van der Waals surface area contributed by atoms with Crippen molar-refractivity contribution in [2.45, 2.75) is 36.6 Å². The molecule has 3 aromatic carbocycles. The van der Waals surface area contributed by atoms with E-state index in [0.29, 0.717) is 16.7 Å². The number of hydrogen-bond donors (Lipinski definition) is 2. The van der Waals surface area contributed by atoms with E-state index in [-0.39, 0.29) is 33.5 Å². The molecule has 0 saturated carbocycles. The van der Waals surface area contributed by atoms with Gasteiger partial charge in [0.2, 0.25) is 15.9 Å². The number of thioether (sulfide) groups is 1. The molecule has 1 heterocycles. The van der Waals surface area contributed by atoms with E-state index < -0.39 is 33.6 Å². The predicted molar refractivity (Wildman–Crippen MR) is 165 cm³/mol. The third-order valence-electron chi connectivity index (χ3n) is 6.51. The van der Waals surface area contributed by atoms with Gasteiger partial charge in [0.15, 0.2) is 11.0 Å². The molecule has 2 amide bonds. The molecule has 238 valence electrons. The summed E-state index contributed by atoms with van der Waals surface area (Å²) >= 11 is 7.01. The van der Waals surface area contributed by atoms with Gasteiger partial charge in [0.05, 0.1) is 39.2 Å². The van der Waals surface area contributed by atoms with Crippen LogP contribution in [-0.4, -0.2) is 59.2 Å². The van der Waals surface area contributed by atoms with Gasteiger partial charge in [-0.05, 0) is 73.5 Å². The zero-order valence-corrected chi connectivity index (χ0v) is 26.8. The number of carbonyl (C=O) groups excluding carboxylic acids is 2. The maximum absolute atomic E-state index is 13.1. The van der Waals surface area contributed by atoms with Crippen LogP contribution in [0.5, 0.6) is 0 Å². The second-order valence-corrected chi connectivity index (χ2v) is 13.5. The molecule has 10 nitrogen and oxygen atoms in total. The van der Waals surface area contributed by atoms with Gasteiger partial charge in [-0.25, -0.2) is 12.7 Å². The highest BCUT2D eigenvalue weighted by Gasteiger charge is 2.31. The Morgan fingerprint density at radius 3 is 2.33 bits per heavy atom. The van der Waals surface area contributed by atoms with Crippen molar-refractivity contribution in [3.63, 3.8) is 0 Å². The summed E-state index contributed by atoms with van der Waals surface area (Å²) in [6.45, 7) is 3.70. The minimum absolute atomic E-state index is 0.0414. The van der Waals surface area contributed by atoms with Gasteiger partial charge in [-0.1, -0.05) is 35.5 Å². The summed E-state index contributed by atoms with van der Waals surface area (Å²) in [6.07, 6.45) is -4.61. The monoisotopic (exact) mass is 680 g/mol. The van der Waals surface area contributed by atoms with Crippen molar-refractivity contribution in [2.24, 2.45) is 0 Å². The highest BCUT2D eigenvalue weighted by atomic mass is 35.5. The van der Waals surface area contributed by atoms with Gasteiger partial charge in [0, 0.05) is 19.7 Å². The lowest BCUT2D eigenvalue weighted by Crippen LogP contribution is -2.25. The molecule has 0 radical (unpaired) electrons. The first kappa shape index (κ1) is 34.0. The normalized spacial score (nSPS) is 11.9. The van der Waals surface area contributed by atoms with E-state index in [9.17, 15) is 31.2 Å². The van der Waals surface area contributed by atoms with Crippen molar-refractivity contribution in [3.05, 3.63) is 93.8 Å². The first-order valence-electron chi connectivity index (χ1n) is 13.2. The fourth-order valence-electron chi connectivity index (χ4n) is 4.07. The summed E-state index contributed by atoms with van der Waals surface area (Å²) in [4.78, 5) is 25.7. The molecule has 0 fully saturated rings. The Bertz CT molecular complexity index is 1850. The number of nitrogens with one attached hydrogen (secondary N) is 2. The molecular formula is C29H28ClF3N6O4S2. The van der Waals surface area contributed by atoms with Gasteiger partial charge in [-0.15, -0.1) is 10.2 Å². The van der Waals surface area contributed by atoms with Crippen molar-refractivity contribution in [1.82, 2.24) is 24.4 Å². The van der Waals surface area contributed by atoms with E-state index >= 15 is 0 Å². The van der Waals surface area contributed by atoms with Crippen LogP contribution in [0.15, 0.2) is 70.7 Å². The molecule has 16 heteroatoms. The van der Waals surface area contributed by atoms with Crippen LogP contribution in [0.4, 0.5) is 18.9 Å². The topological polar surface area (TPSA) is 126 Å². The van der Waals surface area contributed by atoms with Crippen LogP contribution in [-0.2, 0) is 27.5 Å². The zero-order valence-electron chi connectivity index (χ0n) is 24.4. The lowest BCUT2D eigenvalue weighted by Gasteiger charge is -2.15. The van der Waals surface area contributed by atoms with E-state index in [1.165, 1.54) is 38.4 Å². The average molecular weight is 681 g/mol. The molecule has 0 aliphatic heterocycles. The molecule has 0 unspecified atom stereocenters. The van der Waals surface area contributed by atoms with Crippen molar-refractivity contribution in [2.75, 3.05) is 25.2 Å². The van der Waals surface area contributed by atoms with Gasteiger partial charge in [-0.2, -0.15) is 13.2 Å². The number of benzene rings is 3. The highest BCUT2D eigenvalue weighted by molar-refractivity contribution is 7.99. The second-order valence-electron chi connectivity index (χ2n) is 10.0. The molecule has 2 N–H and O–H groups in total. The van der Waals surface area contributed by atoms with Crippen LogP contribution in [0.25, 0.3) is 5.69 Å². The third-order valence-corrected chi connectivity index (χ3v) is 9.60. The molecule has 0 bridgehead atoms. The van der Waals surface area contributed by atoms with E-state index in [0.717, 1.165) is 45.4 Å². The maximum Gasteiger partial charge on any atom is 0.416 e. The number of aryl methyl sites for hydroxylation is 2. The van der Waals surface area contributed by atoms with Crippen LogP contribution < -0.4 is 10.6 Å². The lowest BCUT2D eigenvalue weighted by molar-refractivity contribution is -0.137. The summed E-state index contributed by atoms with van der Waals surface area (Å²) in [5, 5.41) is 13.9. The highest BCUT2D eigenvalue weighted by Crippen LogP contribution is 2.34. The summed E-state index contributed by atoms with van der Waals surface area (Å²) in [6, 6.07) is 13.8. The SMILES string of the molecule is Cc1ccc(C)c(-n2c(CNC(=O)c3ccc(S(=O)(=O)N(C)C)cc3)nnc2SCC(=O)Nc2cc(C(F)(F)F)ccc2Cl)c1. The van der Waals surface area contributed by atoms with Gasteiger partial charge in [0.25, 0.3) is 5.91 Å². The van der Waals surface area contributed by atoms with Crippen LogP contribution in [0.1, 0.15) is 32.9 Å². The predicted octanol–water partition coefficient (Wildman–Crippen LogP) is 5.47. The Morgan fingerprint density at radius 1 is 1.00 bits per heavy atom. The largest absolute Gasteiger partial charge is 0.416 e. The molecule has 0 aliphatic rings. The first-order valence-corrected chi connectivity index (χ1v) is 16.0. The summed E-state index contributed by atoms with van der Waals surface area (Å²) in [7, 11) is -0.838. The van der Waals surface area contributed by atoms with Gasteiger partial charge in [0.1, 0.15) is 0 Å². The number of amides is 2. The summed E-state index contributed by atoms with van der Waals surface area (Å²) < 4.78 is 66.9. The van der Waals surface area contributed by atoms with E-state index in [2.05, 4.69) is 20.8 Å². The molecule has 45 heavy (non-hydrogen) atoms. The van der Waals surface area contributed by atoms with E-state index in [1.807, 2.05) is 32.0 Å². The Labute approximate surface area is 267 Å². The lowest BCUT2D eigenvalue weighted by atomic mass is 10.1. The minimum Gasteiger partial charge on any atom is -0.345 e. The number of sulfonamides is 1. The molecule has 1 aromatic heterocycles. The summed E-state index contributed by atoms with van der Waals surface area (Å²) in [5.74, 6) is -0.991. The fraction of sp³-hybridized carbons (Fsp3) is 0.241. The average Bonchev–Trinajstić information content (AvgIpc) is 3.39. The number of aromatic nitrogens is 3. The molecule has 4 rings (SSSR count). The Balaban J connectivity index is 1.53. The Kier molecular flexibility index (Phi) is 10.3. The molecule has 0 atom stereocenters. The van der Waals surface area contributed by atoms with Crippen molar-refractivity contribution >= 4 is 50.9 Å². The van der Waals surface area contributed by atoms with Crippen LogP contribution in [0.3, 0.4) is 0 Å². The Hall–Kier alpha value is -3.92. The number of hydrogen-bond acceptors (Lipinski definition) is 7. The molecule has 0 saturated heterocycles. The fourth-order valence-corrected chi connectivity index (χ4v) is 5.91. The quantitative estimate of drug-likeness (QED) is 0.213. The molecular weight excluding hydrogens is 653 g/mol. The third kappa shape index (κ3) is 8.03. The van der Waals surface area contributed by atoms with Crippen molar-refractivity contribution in [3.8, 4) is 5.69 Å². The number of nitrogens with zero attached hydrogens (tertiary/aromatic N) is 4. The van der Waals surface area contributed by atoms with Crippen LogP contribution >= 0.6 is 23.4 Å². The first-order chi connectivity index (χ1) is 21.1. The van der Waals surface area contributed by atoms with E-state index in [1.54, 1.807) is 4.57 Å². The van der Waals surface area contributed by atoms with Crippen LogP contribution in [0, 0.1) is 13.8 Å². The summed E-state index contributed by atoms with van der Waals surface area (Å²) in [5.41, 5.74) is 1.58. The second kappa shape index (κ2) is 13.6.